The summed E-state index contributed by atoms with van der Waals surface area (Å²) in [5, 5.41) is 11.7. The van der Waals surface area contributed by atoms with Gasteiger partial charge in [0.15, 0.2) is 5.75 Å². The predicted molar refractivity (Wildman–Crippen MR) is 103 cm³/mol. The zero-order valence-electron chi connectivity index (χ0n) is 15.0. The Kier molecular flexibility index (Phi) is 4.85. The summed E-state index contributed by atoms with van der Waals surface area (Å²) in [5.41, 5.74) is 2.80. The van der Waals surface area contributed by atoms with Gasteiger partial charge < -0.3 is 9.64 Å². The maximum absolute atomic E-state index is 12.5. The van der Waals surface area contributed by atoms with E-state index < -0.39 is 0 Å². The van der Waals surface area contributed by atoms with Crippen LogP contribution in [0.2, 0.25) is 0 Å². The highest BCUT2D eigenvalue weighted by Gasteiger charge is 2.21. The zero-order valence-corrected chi connectivity index (χ0v) is 15.0. The lowest BCUT2D eigenvalue weighted by atomic mass is 9.98. The van der Waals surface area contributed by atoms with E-state index in [0.717, 1.165) is 11.1 Å². The number of rotatable bonds is 3. The minimum atomic E-state index is -0.258. The van der Waals surface area contributed by atoms with Crippen molar-refractivity contribution in [3.05, 3.63) is 77.6 Å². The molecule has 28 heavy (non-hydrogen) atoms. The van der Waals surface area contributed by atoms with Crippen LogP contribution in [0.3, 0.4) is 0 Å². The molecule has 0 atom stereocenters. The number of anilines is 1. The largest absolute Gasteiger partial charge is 0.454 e. The molecule has 1 N–H and O–H groups in total. The Morgan fingerprint density at radius 1 is 1.07 bits per heavy atom. The van der Waals surface area contributed by atoms with Crippen molar-refractivity contribution >= 4 is 12.0 Å². The van der Waals surface area contributed by atoms with Crippen molar-refractivity contribution < 1.29 is 9.53 Å². The van der Waals surface area contributed by atoms with Crippen molar-refractivity contribution in [3.63, 3.8) is 0 Å². The lowest BCUT2D eigenvalue weighted by Crippen LogP contribution is -2.39. The smallest absolute Gasteiger partial charge is 0.324 e. The quantitative estimate of drug-likeness (QED) is 0.757. The maximum atomic E-state index is 12.5. The minimum absolute atomic E-state index is 0.219. The van der Waals surface area contributed by atoms with Gasteiger partial charge in [-0.1, -0.05) is 24.3 Å². The van der Waals surface area contributed by atoms with Gasteiger partial charge in [-0.3, -0.25) is 5.32 Å². The van der Waals surface area contributed by atoms with Gasteiger partial charge in [0.1, 0.15) is 5.75 Å². The van der Waals surface area contributed by atoms with Crippen molar-refractivity contribution in [2.24, 2.45) is 0 Å². The fourth-order valence-corrected chi connectivity index (χ4v) is 3.03. The van der Waals surface area contributed by atoms with Crippen LogP contribution in [-0.2, 0) is 13.0 Å². The van der Waals surface area contributed by atoms with E-state index in [1.54, 1.807) is 11.0 Å². The van der Waals surface area contributed by atoms with E-state index in [2.05, 4.69) is 21.4 Å². The number of hydrogen-bond acceptors (Lipinski definition) is 5. The van der Waals surface area contributed by atoms with Crippen molar-refractivity contribution in [2.75, 3.05) is 11.9 Å². The second kappa shape index (κ2) is 7.76. The summed E-state index contributed by atoms with van der Waals surface area (Å²) >= 11 is 0. The fourth-order valence-electron chi connectivity index (χ4n) is 3.03. The van der Waals surface area contributed by atoms with Crippen LogP contribution in [0.1, 0.15) is 16.7 Å². The van der Waals surface area contributed by atoms with E-state index in [1.807, 2.05) is 42.5 Å². The first-order valence-electron chi connectivity index (χ1n) is 8.84. The Labute approximate surface area is 162 Å². The Hall–Kier alpha value is -3.92. The molecule has 0 radical (unpaired) electrons. The topological polar surface area (TPSA) is 91.1 Å². The number of benzene rings is 2. The normalized spacial score (nSPS) is 12.6. The third kappa shape index (κ3) is 3.91. The highest BCUT2D eigenvalue weighted by atomic mass is 16.5. The number of nitrogens with zero attached hydrogens (tertiary/aromatic N) is 4. The van der Waals surface area contributed by atoms with E-state index in [1.165, 1.54) is 12.4 Å². The highest BCUT2D eigenvalue weighted by Crippen LogP contribution is 2.22. The van der Waals surface area contributed by atoms with Crippen LogP contribution in [-0.4, -0.2) is 27.4 Å². The molecular weight excluding hydrogens is 354 g/mol. The number of nitrogens with one attached hydrogen (secondary N) is 1. The molecule has 0 unspecified atom stereocenters. The van der Waals surface area contributed by atoms with Gasteiger partial charge in [0.2, 0.25) is 5.95 Å². The molecule has 0 saturated heterocycles. The van der Waals surface area contributed by atoms with Crippen molar-refractivity contribution in [3.8, 4) is 17.6 Å². The molecule has 138 valence electrons. The average Bonchev–Trinajstić information content (AvgIpc) is 2.75. The number of fused-ring (bicyclic) bond motifs is 1. The molecule has 1 aliphatic rings. The molecule has 0 bridgehead atoms. The number of urea groups is 1. The summed E-state index contributed by atoms with van der Waals surface area (Å²) in [6.45, 7) is 1.06. The molecule has 7 nitrogen and oxygen atoms in total. The van der Waals surface area contributed by atoms with Gasteiger partial charge in [-0.25, -0.2) is 14.8 Å². The second-order valence-electron chi connectivity index (χ2n) is 6.35. The molecule has 2 aromatic carbocycles. The minimum Gasteiger partial charge on any atom is -0.454 e. The monoisotopic (exact) mass is 371 g/mol. The number of para-hydroxylation sites is 1. The maximum Gasteiger partial charge on any atom is 0.324 e. The predicted octanol–water partition coefficient (Wildman–Crippen LogP) is 3.73. The number of carbonyl (C=O) groups excluding carboxylic acids is 1. The summed E-state index contributed by atoms with van der Waals surface area (Å²) in [6.07, 6.45) is 3.75. The lowest BCUT2D eigenvalue weighted by Gasteiger charge is -2.28. The van der Waals surface area contributed by atoms with Crippen LogP contribution in [0.15, 0.2) is 60.9 Å². The summed E-state index contributed by atoms with van der Waals surface area (Å²) in [7, 11) is 0. The third-order valence-electron chi connectivity index (χ3n) is 4.46. The molecule has 2 amide bonds. The Balaban J connectivity index is 1.38. The first-order valence-corrected chi connectivity index (χ1v) is 8.84. The third-order valence-corrected chi connectivity index (χ3v) is 4.46. The van der Waals surface area contributed by atoms with Crippen LogP contribution in [0.25, 0.3) is 0 Å². The zero-order chi connectivity index (χ0) is 19.3. The number of hydrogen-bond donors (Lipinski definition) is 1. The molecule has 0 spiro atoms. The SMILES string of the molecule is N#Cc1ccc2c(c1)CCN(C(=O)Nc1ncc(Oc3ccccc3)cn1)C2. The fraction of sp³-hybridized carbons (Fsp3) is 0.143. The summed E-state index contributed by atoms with van der Waals surface area (Å²) in [4.78, 5) is 22.5. The molecular formula is C21H17N5O2. The molecule has 1 aliphatic heterocycles. The lowest BCUT2D eigenvalue weighted by molar-refractivity contribution is 0.206. The summed E-state index contributed by atoms with van der Waals surface area (Å²) in [6, 6.07) is 16.8. The van der Waals surface area contributed by atoms with Gasteiger partial charge in [0, 0.05) is 13.1 Å². The first-order chi connectivity index (χ1) is 13.7. The highest BCUT2D eigenvalue weighted by molar-refractivity contribution is 5.87. The molecule has 2 heterocycles. The van der Waals surface area contributed by atoms with Crippen LogP contribution in [0.4, 0.5) is 10.7 Å². The molecule has 7 heteroatoms. The van der Waals surface area contributed by atoms with E-state index >= 15 is 0 Å². The van der Waals surface area contributed by atoms with Crippen LogP contribution >= 0.6 is 0 Å². The van der Waals surface area contributed by atoms with Gasteiger partial charge in [0.05, 0.1) is 24.0 Å². The molecule has 0 fully saturated rings. The molecule has 0 saturated carbocycles. The standard InChI is InChI=1S/C21H17N5O2/c22-11-15-6-7-17-14-26(9-8-16(17)10-15)21(27)25-20-23-12-19(13-24-20)28-18-4-2-1-3-5-18/h1-7,10,12-13H,8-9,14H2,(H,23,24,25,27). The second-order valence-corrected chi connectivity index (χ2v) is 6.35. The van der Waals surface area contributed by atoms with Crippen LogP contribution < -0.4 is 10.1 Å². The van der Waals surface area contributed by atoms with E-state index in [9.17, 15) is 4.79 Å². The molecule has 4 rings (SSSR count). The van der Waals surface area contributed by atoms with Gasteiger partial charge in [-0.15, -0.1) is 0 Å². The van der Waals surface area contributed by atoms with Crippen molar-refractivity contribution in [2.45, 2.75) is 13.0 Å². The molecule has 1 aromatic heterocycles. The first kappa shape index (κ1) is 17.5. The average molecular weight is 371 g/mol. The van der Waals surface area contributed by atoms with Gasteiger partial charge in [-0.05, 0) is 41.8 Å². The van der Waals surface area contributed by atoms with Crippen LogP contribution in [0.5, 0.6) is 11.5 Å². The molecule has 3 aromatic rings. The Bertz CT molecular complexity index is 1030. The number of nitriles is 1. The molecule has 0 aliphatic carbocycles. The van der Waals surface area contributed by atoms with E-state index in [4.69, 9.17) is 10.00 Å². The summed E-state index contributed by atoms with van der Waals surface area (Å²) < 4.78 is 5.64. The van der Waals surface area contributed by atoms with E-state index in [-0.39, 0.29) is 12.0 Å². The Morgan fingerprint density at radius 2 is 1.86 bits per heavy atom. The van der Waals surface area contributed by atoms with Crippen LogP contribution in [0, 0.1) is 11.3 Å². The van der Waals surface area contributed by atoms with Gasteiger partial charge >= 0.3 is 6.03 Å². The van der Waals surface area contributed by atoms with Crippen molar-refractivity contribution in [1.82, 2.24) is 14.9 Å². The Morgan fingerprint density at radius 3 is 2.61 bits per heavy atom. The van der Waals surface area contributed by atoms with E-state index in [0.29, 0.717) is 36.6 Å². The number of amides is 2. The van der Waals surface area contributed by atoms with Crippen molar-refractivity contribution in [1.29, 1.82) is 5.26 Å². The van der Waals surface area contributed by atoms with Gasteiger partial charge in [-0.2, -0.15) is 5.26 Å². The number of aromatic nitrogens is 2. The summed E-state index contributed by atoms with van der Waals surface area (Å²) in [5.74, 6) is 1.40. The number of carbonyl (C=O) groups is 1. The number of ether oxygens (including phenoxy) is 1. The van der Waals surface area contributed by atoms with Gasteiger partial charge in [0.25, 0.3) is 0 Å².